The van der Waals surface area contributed by atoms with E-state index in [4.69, 9.17) is 4.74 Å². The summed E-state index contributed by atoms with van der Waals surface area (Å²) >= 11 is 3.47. The van der Waals surface area contributed by atoms with Crippen LogP contribution in [0, 0.1) is 0 Å². The van der Waals surface area contributed by atoms with Gasteiger partial charge in [-0.2, -0.15) is 0 Å². The second-order valence-electron chi connectivity index (χ2n) is 5.76. The lowest BCUT2D eigenvalue weighted by Crippen LogP contribution is -2.24. The van der Waals surface area contributed by atoms with E-state index in [1.165, 1.54) is 7.11 Å². The van der Waals surface area contributed by atoms with Crippen LogP contribution in [0.5, 0.6) is 5.75 Å². The molecule has 2 aromatic carbocycles. The minimum Gasteiger partial charge on any atom is -0.479 e. The van der Waals surface area contributed by atoms with Crippen molar-refractivity contribution < 1.29 is 14.3 Å². The number of nitrogens with zero attached hydrogens (tertiary/aromatic N) is 1. The number of rotatable bonds is 5. The highest BCUT2D eigenvalue weighted by Gasteiger charge is 2.14. The van der Waals surface area contributed by atoms with Crippen LogP contribution in [0.4, 0.5) is 0 Å². The van der Waals surface area contributed by atoms with Crippen molar-refractivity contribution in [1.82, 2.24) is 4.98 Å². The molecule has 0 radical (unpaired) electrons. The number of ether oxygens (including phenoxy) is 2. The van der Waals surface area contributed by atoms with E-state index in [0.29, 0.717) is 5.75 Å². The zero-order chi connectivity index (χ0) is 18.5. The minimum atomic E-state index is -0.653. The highest BCUT2D eigenvalue weighted by molar-refractivity contribution is 9.10. The summed E-state index contributed by atoms with van der Waals surface area (Å²) in [5.74, 6) is 0.206. The number of halogens is 1. The molecular formula is C21H18BrNO3. The summed E-state index contributed by atoms with van der Waals surface area (Å²) < 4.78 is 11.3. The Hall–Kier alpha value is -2.66. The monoisotopic (exact) mass is 411 g/mol. The number of carbonyl (C=O) groups is 1. The van der Waals surface area contributed by atoms with E-state index in [0.717, 1.165) is 26.6 Å². The van der Waals surface area contributed by atoms with Crippen molar-refractivity contribution in [3.8, 4) is 5.75 Å². The fraction of sp³-hybridized carbons (Fsp3) is 0.143. The van der Waals surface area contributed by atoms with Crippen LogP contribution >= 0.6 is 15.9 Å². The van der Waals surface area contributed by atoms with Crippen molar-refractivity contribution in [1.29, 1.82) is 0 Å². The van der Waals surface area contributed by atoms with Crippen LogP contribution in [0.25, 0.3) is 23.1 Å². The van der Waals surface area contributed by atoms with Gasteiger partial charge in [-0.25, -0.2) is 9.78 Å². The van der Waals surface area contributed by atoms with E-state index in [-0.39, 0.29) is 0 Å². The average Bonchev–Trinajstić information content (AvgIpc) is 2.65. The van der Waals surface area contributed by atoms with Gasteiger partial charge in [0.05, 0.1) is 18.3 Å². The lowest BCUT2D eigenvalue weighted by molar-refractivity contribution is -0.147. The van der Waals surface area contributed by atoms with E-state index in [1.807, 2.05) is 66.7 Å². The molecule has 1 aromatic heterocycles. The number of esters is 1. The fourth-order valence-electron chi connectivity index (χ4n) is 2.49. The summed E-state index contributed by atoms with van der Waals surface area (Å²) in [5.41, 5.74) is 2.76. The Balaban J connectivity index is 1.78. The van der Waals surface area contributed by atoms with E-state index in [9.17, 15) is 4.79 Å². The predicted molar refractivity (Wildman–Crippen MR) is 107 cm³/mol. The summed E-state index contributed by atoms with van der Waals surface area (Å²) in [6.45, 7) is 1.66. The topological polar surface area (TPSA) is 48.4 Å². The molecule has 5 heteroatoms. The van der Waals surface area contributed by atoms with Gasteiger partial charge in [0.2, 0.25) is 0 Å². The molecule has 0 aliphatic rings. The summed E-state index contributed by atoms with van der Waals surface area (Å²) in [6.07, 6.45) is 3.25. The van der Waals surface area contributed by atoms with Gasteiger partial charge in [-0.3, -0.25) is 0 Å². The molecule has 26 heavy (non-hydrogen) atoms. The number of hydrogen-bond acceptors (Lipinski definition) is 4. The molecule has 0 saturated carbocycles. The number of fused-ring (bicyclic) bond motifs is 1. The number of carbonyl (C=O) groups excluding carboxylic acids is 1. The molecule has 0 amide bonds. The van der Waals surface area contributed by atoms with E-state index < -0.39 is 12.1 Å². The first-order valence-corrected chi connectivity index (χ1v) is 8.93. The van der Waals surface area contributed by atoms with E-state index in [2.05, 4.69) is 25.7 Å². The Kier molecular flexibility index (Phi) is 5.68. The predicted octanol–water partition coefficient (Wildman–Crippen LogP) is 5.11. The molecule has 4 nitrogen and oxygen atoms in total. The minimum absolute atomic E-state index is 0.405. The first kappa shape index (κ1) is 18.1. The Morgan fingerprint density at radius 3 is 2.73 bits per heavy atom. The number of methoxy groups -OCH3 is 1. The lowest BCUT2D eigenvalue weighted by Gasteiger charge is -2.12. The molecule has 0 aliphatic heterocycles. The maximum atomic E-state index is 11.5. The molecule has 1 heterocycles. The largest absolute Gasteiger partial charge is 0.479 e. The molecule has 132 valence electrons. The van der Waals surface area contributed by atoms with Gasteiger partial charge in [0, 0.05) is 9.86 Å². The van der Waals surface area contributed by atoms with Gasteiger partial charge in [0.15, 0.2) is 6.10 Å². The quantitative estimate of drug-likeness (QED) is 0.547. The summed E-state index contributed by atoms with van der Waals surface area (Å²) in [7, 11) is 1.34. The molecule has 0 saturated heterocycles. The van der Waals surface area contributed by atoms with E-state index in [1.54, 1.807) is 6.92 Å². The Morgan fingerprint density at radius 2 is 1.92 bits per heavy atom. The Labute approximate surface area is 160 Å². The SMILES string of the molecule is COC(=O)C(C)Oc1cccc(C=Cc2ccc3ccc(Br)cc3n2)c1. The second kappa shape index (κ2) is 8.15. The number of aromatic nitrogens is 1. The van der Waals surface area contributed by atoms with Crippen LogP contribution in [0.15, 0.2) is 59.1 Å². The number of benzene rings is 2. The molecule has 0 N–H and O–H groups in total. The maximum absolute atomic E-state index is 11.5. The van der Waals surface area contributed by atoms with Gasteiger partial charge < -0.3 is 9.47 Å². The first-order valence-electron chi connectivity index (χ1n) is 8.14. The molecule has 0 bridgehead atoms. The third-order valence-electron chi connectivity index (χ3n) is 3.83. The van der Waals surface area contributed by atoms with Gasteiger partial charge in [-0.1, -0.05) is 46.3 Å². The van der Waals surface area contributed by atoms with Crippen molar-refractivity contribution in [2.45, 2.75) is 13.0 Å². The van der Waals surface area contributed by atoms with Crippen LogP contribution in [0.2, 0.25) is 0 Å². The number of pyridine rings is 1. The van der Waals surface area contributed by atoms with E-state index >= 15 is 0 Å². The standard InChI is InChI=1S/C21H18BrNO3/c1-14(21(24)25-2)26-19-5-3-4-15(12-19)6-10-18-11-8-16-7-9-17(22)13-20(16)23-18/h3-14H,1-2H3. The smallest absolute Gasteiger partial charge is 0.346 e. The van der Waals surface area contributed by atoms with Crippen LogP contribution in [-0.2, 0) is 9.53 Å². The van der Waals surface area contributed by atoms with Crippen molar-refractivity contribution >= 4 is 45.0 Å². The molecule has 0 fully saturated rings. The van der Waals surface area contributed by atoms with Crippen molar-refractivity contribution in [2.24, 2.45) is 0 Å². The second-order valence-corrected chi connectivity index (χ2v) is 6.68. The Bertz CT molecular complexity index is 968. The summed E-state index contributed by atoms with van der Waals surface area (Å²) in [6, 6.07) is 17.6. The Morgan fingerprint density at radius 1 is 1.12 bits per heavy atom. The third kappa shape index (κ3) is 4.49. The lowest BCUT2D eigenvalue weighted by atomic mass is 10.1. The third-order valence-corrected chi connectivity index (χ3v) is 4.32. The van der Waals surface area contributed by atoms with Crippen LogP contribution < -0.4 is 4.74 Å². The van der Waals surface area contributed by atoms with Crippen molar-refractivity contribution in [2.75, 3.05) is 7.11 Å². The van der Waals surface area contributed by atoms with Crippen LogP contribution in [-0.4, -0.2) is 24.2 Å². The molecule has 1 unspecified atom stereocenters. The maximum Gasteiger partial charge on any atom is 0.346 e. The summed E-state index contributed by atoms with van der Waals surface area (Å²) in [5, 5.41) is 1.09. The number of hydrogen-bond donors (Lipinski definition) is 0. The molecule has 3 aromatic rings. The molecular weight excluding hydrogens is 394 g/mol. The van der Waals surface area contributed by atoms with Gasteiger partial charge in [-0.05, 0) is 48.9 Å². The van der Waals surface area contributed by atoms with Gasteiger partial charge in [0.25, 0.3) is 0 Å². The zero-order valence-electron chi connectivity index (χ0n) is 14.5. The van der Waals surface area contributed by atoms with Gasteiger partial charge in [-0.15, -0.1) is 0 Å². The first-order chi connectivity index (χ1) is 12.5. The van der Waals surface area contributed by atoms with Crippen molar-refractivity contribution in [3.05, 3.63) is 70.3 Å². The van der Waals surface area contributed by atoms with Gasteiger partial charge >= 0.3 is 5.97 Å². The highest BCUT2D eigenvalue weighted by Crippen LogP contribution is 2.20. The normalized spacial score (nSPS) is 12.3. The molecule has 0 spiro atoms. The summed E-state index contributed by atoms with van der Waals surface area (Å²) in [4.78, 5) is 16.1. The fourth-order valence-corrected chi connectivity index (χ4v) is 2.84. The molecule has 0 aliphatic carbocycles. The van der Waals surface area contributed by atoms with Crippen LogP contribution in [0.1, 0.15) is 18.2 Å². The van der Waals surface area contributed by atoms with Crippen LogP contribution in [0.3, 0.4) is 0 Å². The van der Waals surface area contributed by atoms with Gasteiger partial charge in [0.1, 0.15) is 5.75 Å². The molecule has 1 atom stereocenters. The zero-order valence-corrected chi connectivity index (χ0v) is 16.1. The highest BCUT2D eigenvalue weighted by atomic mass is 79.9. The average molecular weight is 412 g/mol. The molecule has 3 rings (SSSR count). The van der Waals surface area contributed by atoms with Crippen molar-refractivity contribution in [3.63, 3.8) is 0 Å².